The van der Waals surface area contributed by atoms with Gasteiger partial charge < -0.3 is 9.26 Å². The fraction of sp³-hybridized carbons (Fsp3) is 0.308. The average molecular weight is 246 g/mol. The van der Waals surface area contributed by atoms with E-state index in [-0.39, 0.29) is 12.4 Å². The minimum absolute atomic E-state index is 0.0484. The predicted octanol–water partition coefficient (Wildman–Crippen LogP) is 2.55. The summed E-state index contributed by atoms with van der Waals surface area (Å²) in [5.41, 5.74) is 0.580. The van der Waals surface area contributed by atoms with Gasteiger partial charge in [0.25, 0.3) is 5.89 Å². The molecule has 5 heteroatoms. The van der Waals surface area contributed by atoms with E-state index in [9.17, 15) is 4.79 Å². The van der Waals surface area contributed by atoms with Gasteiger partial charge in [0.05, 0.1) is 5.56 Å². The summed E-state index contributed by atoms with van der Waals surface area (Å²) in [7, 11) is 0. The maximum Gasteiger partial charge on any atom is 0.264 e. The Bertz CT molecular complexity index is 549. The number of nitrogens with zero attached hydrogens (tertiary/aromatic N) is 2. The standard InChI is InChI=1S/C13H14N2O3/c1-3-11(16)10-6-4-5-7-12(10)17-8-13-14-9(2)15-18-13/h4-7H,3,8H2,1-2H3. The number of carbonyl (C=O) groups is 1. The SMILES string of the molecule is CCC(=O)c1ccccc1OCc1nc(C)no1. The molecule has 0 unspecified atom stereocenters. The van der Waals surface area contributed by atoms with Crippen molar-refractivity contribution in [1.82, 2.24) is 10.1 Å². The Morgan fingerprint density at radius 2 is 2.17 bits per heavy atom. The first-order valence-electron chi connectivity index (χ1n) is 5.75. The lowest BCUT2D eigenvalue weighted by Crippen LogP contribution is -2.03. The third-order valence-corrected chi connectivity index (χ3v) is 2.43. The van der Waals surface area contributed by atoms with Gasteiger partial charge >= 0.3 is 0 Å². The first kappa shape index (κ1) is 12.3. The molecule has 94 valence electrons. The van der Waals surface area contributed by atoms with Gasteiger partial charge in [-0.25, -0.2) is 0 Å². The fourth-order valence-corrected chi connectivity index (χ4v) is 1.55. The molecule has 0 aliphatic rings. The Hall–Kier alpha value is -2.17. The van der Waals surface area contributed by atoms with E-state index >= 15 is 0 Å². The summed E-state index contributed by atoms with van der Waals surface area (Å²) in [4.78, 5) is 15.8. The summed E-state index contributed by atoms with van der Waals surface area (Å²) in [5.74, 6) is 1.55. The second-order valence-electron chi connectivity index (χ2n) is 3.80. The first-order chi connectivity index (χ1) is 8.70. The number of rotatable bonds is 5. The number of hydrogen-bond acceptors (Lipinski definition) is 5. The number of aromatic nitrogens is 2. The normalized spacial score (nSPS) is 10.3. The van der Waals surface area contributed by atoms with Crippen molar-refractivity contribution in [1.29, 1.82) is 0 Å². The van der Waals surface area contributed by atoms with E-state index in [2.05, 4.69) is 10.1 Å². The Kier molecular flexibility index (Phi) is 3.72. The van der Waals surface area contributed by atoms with E-state index in [1.165, 1.54) is 0 Å². The van der Waals surface area contributed by atoms with Crippen LogP contribution in [-0.4, -0.2) is 15.9 Å². The molecule has 0 aliphatic carbocycles. The highest BCUT2D eigenvalue weighted by molar-refractivity contribution is 5.98. The van der Waals surface area contributed by atoms with Gasteiger partial charge in [-0.05, 0) is 19.1 Å². The van der Waals surface area contributed by atoms with Gasteiger partial charge in [-0.1, -0.05) is 24.2 Å². The van der Waals surface area contributed by atoms with Crippen LogP contribution in [0.1, 0.15) is 35.4 Å². The molecule has 0 bridgehead atoms. The Morgan fingerprint density at radius 1 is 1.39 bits per heavy atom. The molecule has 2 rings (SSSR count). The van der Waals surface area contributed by atoms with Crippen LogP contribution in [0, 0.1) is 6.92 Å². The molecular formula is C13H14N2O3. The molecule has 0 atom stereocenters. The highest BCUT2D eigenvalue weighted by Gasteiger charge is 2.11. The zero-order valence-corrected chi connectivity index (χ0v) is 10.3. The quantitative estimate of drug-likeness (QED) is 0.758. The van der Waals surface area contributed by atoms with Crippen LogP contribution in [0.5, 0.6) is 5.75 Å². The number of aryl methyl sites for hydroxylation is 1. The average Bonchev–Trinajstić information content (AvgIpc) is 2.81. The molecule has 0 radical (unpaired) electrons. The van der Waals surface area contributed by atoms with Gasteiger partial charge in [-0.3, -0.25) is 4.79 Å². The summed E-state index contributed by atoms with van der Waals surface area (Å²) in [6.07, 6.45) is 0.444. The molecule has 0 saturated carbocycles. The third kappa shape index (κ3) is 2.74. The number of Topliss-reactive ketones (excluding diaryl/α,β-unsaturated/α-hetero) is 1. The zero-order valence-electron chi connectivity index (χ0n) is 10.3. The monoisotopic (exact) mass is 246 g/mol. The van der Waals surface area contributed by atoms with Gasteiger partial charge in [0.1, 0.15) is 5.75 Å². The van der Waals surface area contributed by atoms with Crippen LogP contribution in [0.4, 0.5) is 0 Å². The highest BCUT2D eigenvalue weighted by atomic mass is 16.5. The number of benzene rings is 1. The zero-order chi connectivity index (χ0) is 13.0. The largest absolute Gasteiger partial charge is 0.483 e. The topological polar surface area (TPSA) is 65.2 Å². The molecule has 0 saturated heterocycles. The lowest BCUT2D eigenvalue weighted by molar-refractivity contribution is 0.0983. The summed E-state index contributed by atoms with van der Waals surface area (Å²) in [6.45, 7) is 3.72. The van der Waals surface area contributed by atoms with Gasteiger partial charge in [0.15, 0.2) is 18.2 Å². The van der Waals surface area contributed by atoms with Crippen LogP contribution >= 0.6 is 0 Å². The van der Waals surface area contributed by atoms with Gasteiger partial charge in [-0.2, -0.15) is 4.98 Å². The van der Waals surface area contributed by atoms with E-state index in [0.717, 1.165) is 0 Å². The minimum atomic E-state index is 0.0484. The summed E-state index contributed by atoms with van der Waals surface area (Å²) < 4.78 is 10.5. The number of hydrogen-bond donors (Lipinski definition) is 0. The Balaban J connectivity index is 2.11. The highest BCUT2D eigenvalue weighted by Crippen LogP contribution is 2.20. The van der Waals surface area contributed by atoms with Crippen LogP contribution in [0.2, 0.25) is 0 Å². The molecule has 0 aliphatic heterocycles. The second-order valence-corrected chi connectivity index (χ2v) is 3.80. The molecular weight excluding hydrogens is 232 g/mol. The van der Waals surface area contributed by atoms with Gasteiger partial charge in [0, 0.05) is 6.42 Å². The van der Waals surface area contributed by atoms with Crippen molar-refractivity contribution in [3.63, 3.8) is 0 Å². The third-order valence-electron chi connectivity index (χ3n) is 2.43. The van der Waals surface area contributed by atoms with E-state index < -0.39 is 0 Å². The molecule has 0 fully saturated rings. The molecule has 1 aromatic heterocycles. The van der Waals surface area contributed by atoms with Crippen molar-refractivity contribution >= 4 is 5.78 Å². The number of carbonyl (C=O) groups excluding carboxylic acids is 1. The number of para-hydroxylation sites is 1. The van der Waals surface area contributed by atoms with Crippen LogP contribution in [0.15, 0.2) is 28.8 Å². The van der Waals surface area contributed by atoms with Gasteiger partial charge in [-0.15, -0.1) is 0 Å². The summed E-state index contributed by atoms with van der Waals surface area (Å²) >= 11 is 0. The van der Waals surface area contributed by atoms with E-state index in [0.29, 0.717) is 29.4 Å². The maximum atomic E-state index is 11.7. The maximum absolute atomic E-state index is 11.7. The van der Waals surface area contributed by atoms with Crippen LogP contribution in [0.3, 0.4) is 0 Å². The van der Waals surface area contributed by atoms with Crippen molar-refractivity contribution in [2.45, 2.75) is 26.9 Å². The van der Waals surface area contributed by atoms with E-state index in [1.807, 2.05) is 19.1 Å². The molecule has 0 amide bonds. The van der Waals surface area contributed by atoms with Crippen molar-refractivity contribution in [2.24, 2.45) is 0 Å². The van der Waals surface area contributed by atoms with E-state index in [4.69, 9.17) is 9.26 Å². The van der Waals surface area contributed by atoms with E-state index in [1.54, 1.807) is 19.1 Å². The molecule has 0 spiro atoms. The van der Waals surface area contributed by atoms with Gasteiger partial charge in [0.2, 0.25) is 0 Å². The van der Waals surface area contributed by atoms with Crippen molar-refractivity contribution < 1.29 is 14.1 Å². The molecule has 2 aromatic rings. The number of ether oxygens (including phenoxy) is 1. The summed E-state index contributed by atoms with van der Waals surface area (Å²) in [6, 6.07) is 7.14. The van der Waals surface area contributed by atoms with Crippen molar-refractivity contribution in [3.05, 3.63) is 41.5 Å². The second kappa shape index (κ2) is 5.44. The predicted molar refractivity (Wildman–Crippen MR) is 64.4 cm³/mol. The van der Waals surface area contributed by atoms with Crippen LogP contribution in [-0.2, 0) is 6.61 Å². The molecule has 0 N–H and O–H groups in total. The van der Waals surface area contributed by atoms with Crippen molar-refractivity contribution in [2.75, 3.05) is 0 Å². The molecule has 1 heterocycles. The Morgan fingerprint density at radius 3 is 2.83 bits per heavy atom. The smallest absolute Gasteiger partial charge is 0.264 e. The van der Waals surface area contributed by atoms with Crippen molar-refractivity contribution in [3.8, 4) is 5.75 Å². The van der Waals surface area contributed by atoms with Crippen LogP contribution < -0.4 is 4.74 Å². The number of ketones is 1. The molecule has 18 heavy (non-hydrogen) atoms. The lowest BCUT2D eigenvalue weighted by atomic mass is 10.1. The molecule has 5 nitrogen and oxygen atoms in total. The summed E-state index contributed by atoms with van der Waals surface area (Å²) in [5, 5.41) is 3.67. The minimum Gasteiger partial charge on any atom is -0.483 e. The van der Waals surface area contributed by atoms with Crippen LogP contribution in [0.25, 0.3) is 0 Å². The fourth-order valence-electron chi connectivity index (χ4n) is 1.55. The Labute approximate surface area is 105 Å². The first-order valence-corrected chi connectivity index (χ1v) is 5.75. The molecule has 1 aromatic carbocycles. The lowest BCUT2D eigenvalue weighted by Gasteiger charge is -2.07.